The van der Waals surface area contributed by atoms with Crippen molar-refractivity contribution >= 4 is 17.2 Å². The predicted octanol–water partition coefficient (Wildman–Crippen LogP) is 4.05. The fraction of sp³-hybridized carbons (Fsp3) is 0.160. The Labute approximate surface area is 189 Å². The van der Waals surface area contributed by atoms with Crippen molar-refractivity contribution in [3.63, 3.8) is 0 Å². The monoisotopic (exact) mass is 447 g/mol. The Morgan fingerprint density at radius 3 is 2.61 bits per heavy atom. The summed E-state index contributed by atoms with van der Waals surface area (Å²) in [6.07, 6.45) is 1.68. The average Bonchev–Trinajstić information content (AvgIpc) is 2.80. The van der Waals surface area contributed by atoms with E-state index in [-0.39, 0.29) is 30.5 Å². The minimum absolute atomic E-state index is 0.103. The van der Waals surface area contributed by atoms with Crippen LogP contribution in [0.2, 0.25) is 0 Å². The van der Waals surface area contributed by atoms with Crippen molar-refractivity contribution in [2.45, 2.75) is 20.5 Å². The van der Waals surface area contributed by atoms with Gasteiger partial charge in [-0.2, -0.15) is 0 Å². The van der Waals surface area contributed by atoms with Crippen LogP contribution in [0.1, 0.15) is 16.8 Å². The topological polar surface area (TPSA) is 81.9 Å². The molecule has 4 aromatic rings. The number of halogens is 1. The number of carbonyl (C=O) groups is 1. The third kappa shape index (κ3) is 5.35. The molecule has 1 amide bonds. The number of nitrogens with zero attached hydrogens (tertiary/aromatic N) is 2. The van der Waals surface area contributed by atoms with Gasteiger partial charge in [0.1, 0.15) is 29.6 Å². The van der Waals surface area contributed by atoms with E-state index < -0.39 is 0 Å². The second-order valence-electron chi connectivity index (χ2n) is 7.53. The zero-order chi connectivity index (χ0) is 23.4. The standard InChI is InChI=1S/C25H22FN3O4/c1-16-5-8-19(27-23(30)15-32-21-9-6-18(26)7-10-21)12-22(16)33-14-20-13-24(31)29-11-3-4-17(2)25(29)28-20/h3-13H,14-15H2,1-2H3,(H,27,30). The molecule has 8 heteroatoms. The van der Waals surface area contributed by atoms with E-state index in [4.69, 9.17) is 9.47 Å². The van der Waals surface area contributed by atoms with Crippen LogP contribution < -0.4 is 20.3 Å². The summed E-state index contributed by atoms with van der Waals surface area (Å²) in [4.78, 5) is 29.1. The molecule has 0 unspecified atom stereocenters. The molecule has 2 heterocycles. The number of carbonyl (C=O) groups excluding carboxylic acids is 1. The van der Waals surface area contributed by atoms with E-state index in [1.165, 1.54) is 34.7 Å². The Balaban J connectivity index is 1.41. The van der Waals surface area contributed by atoms with Crippen LogP contribution in [0.4, 0.5) is 10.1 Å². The third-order valence-electron chi connectivity index (χ3n) is 4.97. The van der Waals surface area contributed by atoms with E-state index >= 15 is 0 Å². The first-order valence-corrected chi connectivity index (χ1v) is 10.3. The second-order valence-corrected chi connectivity index (χ2v) is 7.53. The van der Waals surface area contributed by atoms with Crippen LogP contribution in [0.3, 0.4) is 0 Å². The van der Waals surface area contributed by atoms with Crippen LogP contribution in [0.25, 0.3) is 5.65 Å². The van der Waals surface area contributed by atoms with E-state index in [9.17, 15) is 14.0 Å². The molecule has 2 aromatic heterocycles. The highest BCUT2D eigenvalue weighted by molar-refractivity contribution is 5.92. The number of pyridine rings is 1. The SMILES string of the molecule is Cc1ccc(NC(=O)COc2ccc(F)cc2)cc1OCc1cc(=O)n2cccc(C)c2n1. The Hall–Kier alpha value is -4.20. The van der Waals surface area contributed by atoms with Gasteiger partial charge < -0.3 is 14.8 Å². The lowest BCUT2D eigenvalue weighted by atomic mass is 10.2. The number of nitrogens with one attached hydrogen (secondary N) is 1. The molecule has 0 aliphatic heterocycles. The van der Waals surface area contributed by atoms with Gasteiger partial charge in [0.2, 0.25) is 0 Å². The first-order chi connectivity index (χ1) is 15.9. The van der Waals surface area contributed by atoms with E-state index in [1.54, 1.807) is 24.4 Å². The molecule has 0 spiro atoms. The van der Waals surface area contributed by atoms with Gasteiger partial charge in [0.15, 0.2) is 6.61 Å². The molecule has 0 aliphatic carbocycles. The molecule has 0 saturated heterocycles. The molecule has 0 atom stereocenters. The molecule has 0 fully saturated rings. The van der Waals surface area contributed by atoms with Crippen molar-refractivity contribution in [2.24, 2.45) is 0 Å². The molecule has 0 radical (unpaired) electrons. The van der Waals surface area contributed by atoms with Gasteiger partial charge in [-0.15, -0.1) is 0 Å². The van der Waals surface area contributed by atoms with E-state index in [1.807, 2.05) is 26.0 Å². The van der Waals surface area contributed by atoms with Crippen molar-refractivity contribution in [3.05, 3.63) is 99.9 Å². The highest BCUT2D eigenvalue weighted by Gasteiger charge is 2.09. The number of rotatable bonds is 7. The summed E-state index contributed by atoms with van der Waals surface area (Å²) < 4.78 is 25.7. The van der Waals surface area contributed by atoms with Gasteiger partial charge in [-0.25, -0.2) is 9.37 Å². The highest BCUT2D eigenvalue weighted by Crippen LogP contribution is 2.23. The molecular formula is C25H22FN3O4. The number of aromatic nitrogens is 2. The van der Waals surface area contributed by atoms with E-state index in [2.05, 4.69) is 10.3 Å². The number of hydrogen-bond donors (Lipinski definition) is 1. The number of hydrogen-bond acceptors (Lipinski definition) is 5. The summed E-state index contributed by atoms with van der Waals surface area (Å²) in [5.74, 6) is 0.208. The molecule has 7 nitrogen and oxygen atoms in total. The van der Waals surface area contributed by atoms with Gasteiger partial charge in [-0.1, -0.05) is 12.1 Å². The van der Waals surface area contributed by atoms with Gasteiger partial charge in [0.25, 0.3) is 11.5 Å². The van der Waals surface area contributed by atoms with Crippen LogP contribution in [-0.2, 0) is 11.4 Å². The smallest absolute Gasteiger partial charge is 0.262 e. The number of anilines is 1. The van der Waals surface area contributed by atoms with Crippen molar-refractivity contribution in [1.82, 2.24) is 9.38 Å². The minimum Gasteiger partial charge on any atom is -0.487 e. The Bertz CT molecular complexity index is 1370. The van der Waals surface area contributed by atoms with E-state index in [0.717, 1.165) is 11.1 Å². The van der Waals surface area contributed by atoms with Gasteiger partial charge >= 0.3 is 0 Å². The van der Waals surface area contributed by atoms with Crippen LogP contribution in [0, 0.1) is 19.7 Å². The fourth-order valence-electron chi connectivity index (χ4n) is 3.24. The van der Waals surface area contributed by atoms with Crippen LogP contribution in [-0.4, -0.2) is 21.9 Å². The van der Waals surface area contributed by atoms with Gasteiger partial charge in [0, 0.05) is 24.0 Å². The largest absolute Gasteiger partial charge is 0.487 e. The molecule has 168 valence electrons. The maximum absolute atomic E-state index is 13.0. The second kappa shape index (κ2) is 9.52. The Kier molecular flexibility index (Phi) is 6.35. The summed E-state index contributed by atoms with van der Waals surface area (Å²) >= 11 is 0. The quantitative estimate of drug-likeness (QED) is 0.462. The van der Waals surface area contributed by atoms with Crippen molar-refractivity contribution < 1.29 is 18.7 Å². The number of ether oxygens (including phenoxy) is 2. The average molecular weight is 447 g/mol. The lowest BCUT2D eigenvalue weighted by Gasteiger charge is -2.13. The van der Waals surface area contributed by atoms with Crippen molar-refractivity contribution in [1.29, 1.82) is 0 Å². The number of benzene rings is 2. The number of amides is 1. The molecule has 0 saturated carbocycles. The van der Waals surface area contributed by atoms with Crippen molar-refractivity contribution in [2.75, 3.05) is 11.9 Å². The minimum atomic E-state index is -0.377. The van der Waals surface area contributed by atoms with Crippen LogP contribution in [0.5, 0.6) is 11.5 Å². The summed E-state index contributed by atoms with van der Waals surface area (Å²) in [7, 11) is 0. The highest BCUT2D eigenvalue weighted by atomic mass is 19.1. The first kappa shape index (κ1) is 22.0. The lowest BCUT2D eigenvalue weighted by Crippen LogP contribution is -2.20. The molecule has 1 N–H and O–H groups in total. The van der Waals surface area contributed by atoms with E-state index in [0.29, 0.717) is 28.5 Å². The molecular weight excluding hydrogens is 425 g/mol. The van der Waals surface area contributed by atoms with Crippen LogP contribution in [0.15, 0.2) is 71.7 Å². The van der Waals surface area contributed by atoms with Crippen molar-refractivity contribution in [3.8, 4) is 11.5 Å². The van der Waals surface area contributed by atoms with Gasteiger partial charge in [0.05, 0.1) is 5.69 Å². The summed E-state index contributed by atoms with van der Waals surface area (Å²) in [5.41, 5.74) is 3.20. The molecule has 2 aromatic carbocycles. The molecule has 33 heavy (non-hydrogen) atoms. The van der Waals surface area contributed by atoms with Gasteiger partial charge in [-0.05, 0) is 61.4 Å². The van der Waals surface area contributed by atoms with Gasteiger partial charge in [-0.3, -0.25) is 14.0 Å². The summed E-state index contributed by atoms with van der Waals surface area (Å²) in [5, 5.41) is 2.74. The lowest BCUT2D eigenvalue weighted by molar-refractivity contribution is -0.118. The number of fused-ring (bicyclic) bond motifs is 1. The Morgan fingerprint density at radius 2 is 1.82 bits per heavy atom. The summed E-state index contributed by atoms with van der Waals surface area (Å²) in [6.45, 7) is 3.65. The fourth-order valence-corrected chi connectivity index (χ4v) is 3.24. The normalized spacial score (nSPS) is 10.8. The predicted molar refractivity (Wildman–Crippen MR) is 122 cm³/mol. The number of aryl methyl sites for hydroxylation is 2. The molecule has 0 bridgehead atoms. The zero-order valence-electron chi connectivity index (χ0n) is 18.2. The molecule has 0 aliphatic rings. The molecule has 4 rings (SSSR count). The maximum Gasteiger partial charge on any atom is 0.262 e. The first-order valence-electron chi connectivity index (χ1n) is 10.3. The van der Waals surface area contributed by atoms with Crippen LogP contribution >= 0.6 is 0 Å². The summed E-state index contributed by atoms with van der Waals surface area (Å²) in [6, 6.07) is 15.8. The Morgan fingerprint density at radius 1 is 1.03 bits per heavy atom. The zero-order valence-corrected chi connectivity index (χ0v) is 18.2. The maximum atomic E-state index is 13.0. The third-order valence-corrected chi connectivity index (χ3v) is 4.97.